The average Bonchev–Trinajstić information content (AvgIpc) is 3.58. The Morgan fingerprint density at radius 3 is 2.14 bits per heavy atom. The Hall–Kier alpha value is -4.21. The van der Waals surface area contributed by atoms with Crippen LogP contribution in [0.15, 0.2) is 52.5 Å². The van der Waals surface area contributed by atoms with Crippen molar-refractivity contribution in [2.75, 3.05) is 18.6 Å². The SMILES string of the molecule is COc1ccc(N2C(=O)/C(=C\c3cccs3)N=C2SC2OC(COC(C)=O)C(OC(C)=O)C(OC(C)=O)C2OC(C)=O)cc1. The minimum absolute atomic E-state index is 0.136. The van der Waals surface area contributed by atoms with Crippen molar-refractivity contribution in [1.29, 1.82) is 0 Å². The molecule has 0 aliphatic carbocycles. The van der Waals surface area contributed by atoms with E-state index >= 15 is 0 Å². The van der Waals surface area contributed by atoms with Crippen LogP contribution in [-0.2, 0) is 47.7 Å². The van der Waals surface area contributed by atoms with Gasteiger partial charge < -0.3 is 28.4 Å². The Balaban J connectivity index is 1.78. The fourth-order valence-electron chi connectivity index (χ4n) is 4.43. The largest absolute Gasteiger partial charge is 0.497 e. The maximum absolute atomic E-state index is 13.7. The molecule has 1 amide bonds. The first-order chi connectivity index (χ1) is 21.0. The highest BCUT2D eigenvalue weighted by atomic mass is 32.2. The van der Waals surface area contributed by atoms with Crippen molar-refractivity contribution in [3.63, 3.8) is 0 Å². The molecule has 15 heteroatoms. The Bertz CT molecular complexity index is 1460. The molecular weight excluding hydrogens is 616 g/mol. The van der Waals surface area contributed by atoms with Gasteiger partial charge in [-0.15, -0.1) is 11.3 Å². The molecule has 3 heterocycles. The van der Waals surface area contributed by atoms with Gasteiger partial charge in [0.15, 0.2) is 28.9 Å². The smallest absolute Gasteiger partial charge is 0.303 e. The summed E-state index contributed by atoms with van der Waals surface area (Å²) in [6.07, 6.45) is -3.51. The molecule has 2 aliphatic rings. The number of anilines is 1. The number of ether oxygens (including phenoxy) is 6. The maximum Gasteiger partial charge on any atom is 0.303 e. The number of thiophene rings is 1. The van der Waals surface area contributed by atoms with E-state index in [1.54, 1.807) is 30.3 Å². The minimum Gasteiger partial charge on any atom is -0.497 e. The van der Waals surface area contributed by atoms with Crippen LogP contribution in [0.4, 0.5) is 5.69 Å². The number of rotatable bonds is 9. The fraction of sp³-hybridized carbons (Fsp3) is 0.379. The molecule has 1 fully saturated rings. The standard InChI is InChI=1S/C29H30N2O11S2/c1-15(32)38-14-23-24(39-16(2)33)25(40-17(3)34)26(41-18(4)35)28(42-23)44-29-30-22(13-21-7-6-12-43-21)27(36)31(29)19-8-10-20(37-5)11-9-19/h6-13,23-26,28H,14H2,1-5H3/b22-13+. The molecular formula is C29H30N2O11S2. The monoisotopic (exact) mass is 646 g/mol. The number of carbonyl (C=O) groups is 5. The van der Waals surface area contributed by atoms with Crippen molar-refractivity contribution in [1.82, 2.24) is 0 Å². The number of benzene rings is 1. The molecule has 0 N–H and O–H groups in total. The number of methoxy groups -OCH3 is 1. The van der Waals surface area contributed by atoms with Crippen LogP contribution < -0.4 is 9.64 Å². The lowest BCUT2D eigenvalue weighted by atomic mass is 9.99. The number of hydrogen-bond donors (Lipinski definition) is 0. The molecule has 5 atom stereocenters. The average molecular weight is 647 g/mol. The molecule has 2 aromatic rings. The molecule has 1 saturated heterocycles. The molecule has 0 radical (unpaired) electrons. The van der Waals surface area contributed by atoms with E-state index in [0.29, 0.717) is 11.4 Å². The molecule has 1 aromatic carbocycles. The number of thioether (sulfide) groups is 1. The maximum atomic E-state index is 13.7. The van der Waals surface area contributed by atoms with E-state index in [2.05, 4.69) is 4.99 Å². The predicted molar refractivity (Wildman–Crippen MR) is 160 cm³/mol. The van der Waals surface area contributed by atoms with Crippen LogP contribution in [0.3, 0.4) is 0 Å². The third kappa shape index (κ3) is 8.03. The van der Waals surface area contributed by atoms with E-state index in [-0.39, 0.29) is 17.5 Å². The van der Waals surface area contributed by atoms with Crippen molar-refractivity contribution < 1.29 is 52.4 Å². The van der Waals surface area contributed by atoms with Crippen LogP contribution in [0.25, 0.3) is 6.08 Å². The minimum atomic E-state index is -1.36. The molecule has 5 unspecified atom stereocenters. The summed E-state index contributed by atoms with van der Waals surface area (Å²) in [5, 5.41) is 2.02. The number of amides is 1. The van der Waals surface area contributed by atoms with Gasteiger partial charge in [0, 0.05) is 32.6 Å². The lowest BCUT2D eigenvalue weighted by molar-refractivity contribution is -0.237. The zero-order valence-corrected chi connectivity index (χ0v) is 26.0. The van der Waals surface area contributed by atoms with Gasteiger partial charge in [0.05, 0.1) is 12.8 Å². The van der Waals surface area contributed by atoms with Gasteiger partial charge in [0.25, 0.3) is 5.91 Å². The number of aliphatic imine (C=N–C) groups is 1. The molecule has 44 heavy (non-hydrogen) atoms. The summed E-state index contributed by atoms with van der Waals surface area (Å²) in [5.41, 5.74) is -0.581. The predicted octanol–water partition coefficient (Wildman–Crippen LogP) is 3.32. The van der Waals surface area contributed by atoms with Crippen LogP contribution in [-0.4, -0.2) is 78.5 Å². The third-order valence-corrected chi connectivity index (χ3v) is 8.07. The van der Waals surface area contributed by atoms with Crippen molar-refractivity contribution in [3.05, 3.63) is 52.4 Å². The Morgan fingerprint density at radius 2 is 1.57 bits per heavy atom. The van der Waals surface area contributed by atoms with E-state index in [1.807, 2.05) is 17.5 Å². The number of esters is 4. The lowest BCUT2D eigenvalue weighted by Gasteiger charge is -2.44. The van der Waals surface area contributed by atoms with Crippen molar-refractivity contribution in [2.45, 2.75) is 57.5 Å². The van der Waals surface area contributed by atoms with Crippen LogP contribution in [0.2, 0.25) is 0 Å². The molecule has 0 spiro atoms. The van der Waals surface area contributed by atoms with E-state index < -0.39 is 59.6 Å². The van der Waals surface area contributed by atoms with Crippen molar-refractivity contribution >= 4 is 69.8 Å². The first-order valence-corrected chi connectivity index (χ1v) is 15.0. The molecule has 4 rings (SSSR count). The molecule has 0 bridgehead atoms. The van der Waals surface area contributed by atoms with E-state index in [4.69, 9.17) is 28.4 Å². The molecule has 1 aromatic heterocycles. The van der Waals surface area contributed by atoms with Gasteiger partial charge >= 0.3 is 23.9 Å². The second kappa shape index (κ2) is 14.5. The zero-order chi connectivity index (χ0) is 32.0. The third-order valence-electron chi connectivity index (χ3n) is 6.15. The van der Waals surface area contributed by atoms with Gasteiger partial charge in [0.1, 0.15) is 24.2 Å². The second-order valence-corrected chi connectivity index (χ2v) is 11.5. The number of hydrogen-bond acceptors (Lipinski definition) is 14. The zero-order valence-electron chi connectivity index (χ0n) is 24.4. The summed E-state index contributed by atoms with van der Waals surface area (Å²) in [6.45, 7) is 4.24. The lowest BCUT2D eigenvalue weighted by Crippen LogP contribution is -2.61. The van der Waals surface area contributed by atoms with Gasteiger partial charge in [-0.05, 0) is 41.8 Å². The summed E-state index contributed by atoms with van der Waals surface area (Å²) < 4.78 is 33.2. The fourth-order valence-corrected chi connectivity index (χ4v) is 6.28. The second-order valence-electron chi connectivity index (χ2n) is 9.46. The number of nitrogens with zero attached hydrogens (tertiary/aromatic N) is 2. The van der Waals surface area contributed by atoms with Gasteiger partial charge in [-0.1, -0.05) is 17.8 Å². The quantitative estimate of drug-likeness (QED) is 0.223. The van der Waals surface area contributed by atoms with Crippen molar-refractivity contribution in [3.8, 4) is 5.75 Å². The molecule has 2 aliphatic heterocycles. The summed E-state index contributed by atoms with van der Waals surface area (Å²) in [7, 11) is 1.52. The Morgan fingerprint density at radius 1 is 0.932 bits per heavy atom. The normalized spacial score (nSPS) is 24.0. The summed E-state index contributed by atoms with van der Waals surface area (Å²) in [6, 6.07) is 10.4. The Kier molecular flexibility index (Phi) is 10.8. The highest BCUT2D eigenvalue weighted by Gasteiger charge is 2.53. The van der Waals surface area contributed by atoms with Crippen LogP contribution in [0.5, 0.6) is 5.75 Å². The summed E-state index contributed by atoms with van der Waals surface area (Å²) in [4.78, 5) is 68.6. The van der Waals surface area contributed by atoms with Gasteiger partial charge in [0.2, 0.25) is 0 Å². The number of amidine groups is 1. The van der Waals surface area contributed by atoms with E-state index in [1.165, 1.54) is 30.3 Å². The summed E-state index contributed by atoms with van der Waals surface area (Å²) >= 11 is 2.34. The molecule has 0 saturated carbocycles. The van der Waals surface area contributed by atoms with Crippen LogP contribution in [0.1, 0.15) is 32.6 Å². The number of carbonyl (C=O) groups excluding carboxylic acids is 5. The van der Waals surface area contributed by atoms with Gasteiger partial charge in [-0.25, -0.2) is 4.99 Å². The van der Waals surface area contributed by atoms with Crippen molar-refractivity contribution in [2.24, 2.45) is 4.99 Å². The Labute approximate surface area is 261 Å². The highest BCUT2D eigenvalue weighted by molar-refractivity contribution is 8.14. The highest BCUT2D eigenvalue weighted by Crippen LogP contribution is 2.39. The first-order valence-electron chi connectivity index (χ1n) is 13.3. The first kappa shape index (κ1) is 32.7. The molecule has 13 nitrogen and oxygen atoms in total. The summed E-state index contributed by atoms with van der Waals surface area (Å²) in [5.74, 6) is -2.73. The van der Waals surface area contributed by atoms with Gasteiger partial charge in [-0.3, -0.25) is 28.9 Å². The van der Waals surface area contributed by atoms with Gasteiger partial charge in [-0.2, -0.15) is 0 Å². The molecule has 234 valence electrons. The topological polar surface area (TPSA) is 156 Å². The van der Waals surface area contributed by atoms with E-state index in [0.717, 1.165) is 37.4 Å². The van der Waals surface area contributed by atoms with Crippen LogP contribution >= 0.6 is 23.1 Å². The van der Waals surface area contributed by atoms with Crippen LogP contribution in [0, 0.1) is 0 Å². The van der Waals surface area contributed by atoms with E-state index in [9.17, 15) is 24.0 Å².